The molecule has 2 rings (SSSR count). The summed E-state index contributed by atoms with van der Waals surface area (Å²) in [5.41, 5.74) is 0. The minimum Gasteiger partial charge on any atom is -0.498 e. The molecule has 2 heterocycles. The van der Waals surface area contributed by atoms with Gasteiger partial charge in [-0.25, -0.2) is 0 Å². The third kappa shape index (κ3) is 1.86. The maximum absolute atomic E-state index is 5.59. The van der Waals surface area contributed by atoms with Gasteiger partial charge in [-0.15, -0.1) is 11.8 Å². The van der Waals surface area contributed by atoms with Crippen molar-refractivity contribution < 1.29 is 4.74 Å². The van der Waals surface area contributed by atoms with E-state index in [1.807, 2.05) is 18.0 Å². The molecule has 2 unspecified atom stereocenters. The third-order valence-electron chi connectivity index (χ3n) is 2.43. The largest absolute Gasteiger partial charge is 0.498 e. The van der Waals surface area contributed by atoms with E-state index in [0.717, 1.165) is 5.92 Å². The molecule has 2 atom stereocenters. The average molecular weight is 182 g/mol. The van der Waals surface area contributed by atoms with Crippen LogP contribution in [0, 0.1) is 5.92 Å². The summed E-state index contributed by atoms with van der Waals surface area (Å²) in [5.74, 6) is 1.97. The van der Waals surface area contributed by atoms with E-state index in [0.29, 0.717) is 6.10 Å². The molecule has 0 N–H and O–H groups in total. The predicted molar refractivity (Wildman–Crippen MR) is 53.0 cm³/mol. The van der Waals surface area contributed by atoms with Gasteiger partial charge in [0, 0.05) is 11.7 Å². The van der Waals surface area contributed by atoms with Gasteiger partial charge in [-0.1, -0.05) is 6.08 Å². The first-order valence-corrected chi connectivity index (χ1v) is 5.59. The van der Waals surface area contributed by atoms with Crippen LogP contribution in [0.3, 0.4) is 0 Å². The van der Waals surface area contributed by atoms with Crippen molar-refractivity contribution in [2.45, 2.75) is 25.4 Å². The van der Waals surface area contributed by atoms with E-state index < -0.39 is 0 Å². The molecule has 0 aromatic rings. The highest BCUT2D eigenvalue weighted by Crippen LogP contribution is 2.28. The van der Waals surface area contributed by atoms with Crippen molar-refractivity contribution >= 4 is 11.8 Å². The van der Waals surface area contributed by atoms with Gasteiger partial charge in [0.15, 0.2) is 0 Å². The van der Waals surface area contributed by atoms with Crippen LogP contribution in [0.5, 0.6) is 0 Å². The zero-order chi connectivity index (χ0) is 8.23. The average Bonchev–Trinajstić information content (AvgIpc) is 2.21. The normalized spacial score (nSPS) is 34.7. The number of ether oxygens (including phenoxy) is 1. The second-order valence-electron chi connectivity index (χ2n) is 3.32. The van der Waals surface area contributed by atoms with Crippen LogP contribution in [0.15, 0.2) is 23.8 Å². The first kappa shape index (κ1) is 8.24. The quantitative estimate of drug-likeness (QED) is 0.616. The first-order valence-electron chi connectivity index (χ1n) is 4.54. The van der Waals surface area contributed by atoms with Crippen LogP contribution in [0.25, 0.3) is 0 Å². The highest BCUT2D eigenvalue weighted by molar-refractivity contribution is 8.02. The molecule has 0 radical (unpaired) electrons. The maximum Gasteiger partial charge on any atom is 0.102 e. The first-order chi connectivity index (χ1) is 5.97. The molecule has 1 nitrogen and oxygen atoms in total. The zero-order valence-corrected chi connectivity index (χ0v) is 7.93. The maximum atomic E-state index is 5.59. The summed E-state index contributed by atoms with van der Waals surface area (Å²) in [7, 11) is 0. The molecule has 66 valence electrons. The molecule has 0 amide bonds. The summed E-state index contributed by atoms with van der Waals surface area (Å²) in [6.07, 6.45) is 10.3. The number of rotatable bonds is 1. The SMILES string of the molecule is C1=COC(C2CC=CSC2)CC1. The molecule has 0 aromatic carbocycles. The summed E-state index contributed by atoms with van der Waals surface area (Å²) in [5, 5.41) is 2.20. The molecule has 0 fully saturated rings. The van der Waals surface area contributed by atoms with Gasteiger partial charge >= 0.3 is 0 Å². The van der Waals surface area contributed by atoms with E-state index in [-0.39, 0.29) is 0 Å². The van der Waals surface area contributed by atoms with Crippen LogP contribution in [0.4, 0.5) is 0 Å². The molecule has 0 aliphatic carbocycles. The minimum absolute atomic E-state index is 0.479. The van der Waals surface area contributed by atoms with Gasteiger partial charge in [-0.05, 0) is 30.7 Å². The van der Waals surface area contributed by atoms with E-state index in [2.05, 4.69) is 17.6 Å². The van der Waals surface area contributed by atoms with Crippen LogP contribution < -0.4 is 0 Å². The fourth-order valence-electron chi connectivity index (χ4n) is 1.70. The van der Waals surface area contributed by atoms with Gasteiger partial charge in [0.05, 0.1) is 6.26 Å². The van der Waals surface area contributed by atoms with Crippen molar-refractivity contribution in [2.24, 2.45) is 5.92 Å². The Bertz CT molecular complexity index is 176. The van der Waals surface area contributed by atoms with Gasteiger partial charge in [-0.2, -0.15) is 0 Å². The van der Waals surface area contributed by atoms with Crippen molar-refractivity contribution in [3.05, 3.63) is 23.8 Å². The molecule has 0 saturated carbocycles. The number of allylic oxidation sites excluding steroid dienone is 2. The molecule has 2 aliphatic heterocycles. The van der Waals surface area contributed by atoms with Gasteiger partial charge in [0.1, 0.15) is 6.10 Å². The predicted octanol–water partition coefficient (Wildman–Crippen LogP) is 2.95. The monoisotopic (exact) mass is 182 g/mol. The smallest absolute Gasteiger partial charge is 0.102 e. The molecule has 0 bridgehead atoms. The van der Waals surface area contributed by atoms with Crippen LogP contribution in [0.2, 0.25) is 0 Å². The van der Waals surface area contributed by atoms with Crippen LogP contribution in [-0.4, -0.2) is 11.9 Å². The fraction of sp³-hybridized carbons (Fsp3) is 0.600. The highest BCUT2D eigenvalue weighted by Gasteiger charge is 2.23. The lowest BCUT2D eigenvalue weighted by Gasteiger charge is -2.28. The minimum atomic E-state index is 0.479. The lowest BCUT2D eigenvalue weighted by atomic mass is 9.95. The summed E-state index contributed by atoms with van der Waals surface area (Å²) in [6, 6.07) is 0. The molecule has 0 spiro atoms. The molecular weight excluding hydrogens is 168 g/mol. The molecule has 12 heavy (non-hydrogen) atoms. The lowest BCUT2D eigenvalue weighted by molar-refractivity contribution is 0.0784. The van der Waals surface area contributed by atoms with Gasteiger partial charge in [0.2, 0.25) is 0 Å². The molecule has 2 heteroatoms. The van der Waals surface area contributed by atoms with Crippen LogP contribution >= 0.6 is 11.8 Å². The Labute approximate surface area is 77.9 Å². The van der Waals surface area contributed by atoms with E-state index in [9.17, 15) is 0 Å². The van der Waals surface area contributed by atoms with Crippen molar-refractivity contribution in [3.63, 3.8) is 0 Å². The Morgan fingerprint density at radius 2 is 2.33 bits per heavy atom. The molecular formula is C10H14OS. The van der Waals surface area contributed by atoms with Crippen molar-refractivity contribution in [1.82, 2.24) is 0 Å². The Morgan fingerprint density at radius 3 is 3.00 bits per heavy atom. The number of thioether (sulfide) groups is 1. The molecule has 0 aromatic heterocycles. The lowest BCUT2D eigenvalue weighted by Crippen LogP contribution is -2.26. The van der Waals surface area contributed by atoms with Crippen molar-refractivity contribution in [3.8, 4) is 0 Å². The number of hydrogen-bond donors (Lipinski definition) is 0. The van der Waals surface area contributed by atoms with E-state index >= 15 is 0 Å². The highest BCUT2D eigenvalue weighted by atomic mass is 32.2. The van der Waals surface area contributed by atoms with Crippen molar-refractivity contribution in [2.75, 3.05) is 5.75 Å². The third-order valence-corrected chi connectivity index (χ3v) is 3.44. The Kier molecular flexibility index (Phi) is 2.77. The number of hydrogen-bond acceptors (Lipinski definition) is 2. The van der Waals surface area contributed by atoms with Gasteiger partial charge in [0.25, 0.3) is 0 Å². The van der Waals surface area contributed by atoms with Crippen molar-refractivity contribution in [1.29, 1.82) is 0 Å². The van der Waals surface area contributed by atoms with E-state index in [1.54, 1.807) is 0 Å². The fourth-order valence-corrected chi connectivity index (χ4v) is 2.66. The Balaban J connectivity index is 1.90. The van der Waals surface area contributed by atoms with E-state index in [4.69, 9.17) is 4.74 Å². The summed E-state index contributed by atoms with van der Waals surface area (Å²) >= 11 is 1.91. The van der Waals surface area contributed by atoms with Gasteiger partial charge < -0.3 is 4.74 Å². The zero-order valence-electron chi connectivity index (χ0n) is 7.11. The standard InChI is InChI=1S/C10H14OS/c1-2-6-11-10(5-1)9-4-3-7-12-8-9/h2-3,6-7,9-10H,1,4-5,8H2. The second kappa shape index (κ2) is 4.04. The van der Waals surface area contributed by atoms with E-state index in [1.165, 1.54) is 25.0 Å². The molecule has 0 saturated heterocycles. The summed E-state index contributed by atoms with van der Waals surface area (Å²) in [4.78, 5) is 0. The topological polar surface area (TPSA) is 9.23 Å². The van der Waals surface area contributed by atoms with Crippen LogP contribution in [0.1, 0.15) is 19.3 Å². The summed E-state index contributed by atoms with van der Waals surface area (Å²) in [6.45, 7) is 0. The Morgan fingerprint density at radius 1 is 1.33 bits per heavy atom. The van der Waals surface area contributed by atoms with Gasteiger partial charge in [-0.3, -0.25) is 0 Å². The molecule has 2 aliphatic rings. The second-order valence-corrected chi connectivity index (χ2v) is 4.26. The summed E-state index contributed by atoms with van der Waals surface area (Å²) < 4.78 is 5.59. The van der Waals surface area contributed by atoms with Crippen LogP contribution in [-0.2, 0) is 4.74 Å². The Hall–Kier alpha value is -0.370.